The lowest BCUT2D eigenvalue weighted by Gasteiger charge is -2.63. The number of nitrogens with zero attached hydrogens (tertiary/aromatic N) is 3. The van der Waals surface area contributed by atoms with Gasteiger partial charge in [-0.05, 0) is 74.2 Å². The van der Waals surface area contributed by atoms with E-state index < -0.39 is 51.6 Å². The number of amides is 2. The van der Waals surface area contributed by atoms with Gasteiger partial charge in [0.15, 0.2) is 5.60 Å². The van der Waals surface area contributed by atoms with Crippen molar-refractivity contribution in [1.82, 2.24) is 25.6 Å². The van der Waals surface area contributed by atoms with E-state index in [0.29, 0.717) is 88.3 Å². The van der Waals surface area contributed by atoms with E-state index >= 15 is 0 Å². The Labute approximate surface area is 418 Å². The minimum Gasteiger partial charge on any atom is -0.496 e. The van der Waals surface area contributed by atoms with Crippen LogP contribution in [0.1, 0.15) is 88.6 Å². The van der Waals surface area contributed by atoms with E-state index in [1.807, 2.05) is 70.0 Å². The number of H-pyrrole nitrogens is 1. The number of aliphatic hydroxyl groups excluding tert-OH is 1. The van der Waals surface area contributed by atoms with E-state index in [2.05, 4.69) is 43.8 Å². The van der Waals surface area contributed by atoms with E-state index in [9.17, 15) is 34.5 Å². The van der Waals surface area contributed by atoms with Gasteiger partial charge in [-0.1, -0.05) is 79.6 Å². The molecule has 3 aromatic rings. The second kappa shape index (κ2) is 19.6. The molecule has 6 aliphatic rings. The van der Waals surface area contributed by atoms with Crippen molar-refractivity contribution in [2.75, 3.05) is 76.5 Å². The van der Waals surface area contributed by atoms with Gasteiger partial charge in [-0.2, -0.15) is 0 Å². The Morgan fingerprint density at radius 2 is 1.80 bits per heavy atom. The molecule has 2 bridgehead atoms. The number of rotatable bonds is 16. The molecule has 1 aromatic heterocycles. The molecule has 16 nitrogen and oxygen atoms in total. The van der Waals surface area contributed by atoms with Gasteiger partial charge in [0.25, 0.3) is 12.4 Å². The Balaban J connectivity index is 1.13. The summed E-state index contributed by atoms with van der Waals surface area (Å²) in [5, 5.41) is 39.4. The average Bonchev–Trinajstić information content (AvgIpc) is 4.02. The quantitative estimate of drug-likeness (QED) is 0.0367. The van der Waals surface area contributed by atoms with Crippen LogP contribution in [0, 0.1) is 17.3 Å². The first-order chi connectivity index (χ1) is 33.6. The molecule has 6 heterocycles. The Bertz CT molecular complexity index is 2520. The number of para-hydroxylation sites is 1. The number of nitrogens with one attached hydrogen (secondary N) is 3. The number of likely N-dealkylation sites (N-methyl/N-ethyl adjacent to an activating group) is 1. The largest absolute Gasteiger partial charge is 0.496 e. The summed E-state index contributed by atoms with van der Waals surface area (Å²) in [6, 6.07) is 11.0. The van der Waals surface area contributed by atoms with Crippen molar-refractivity contribution in [3.05, 3.63) is 70.9 Å². The summed E-state index contributed by atoms with van der Waals surface area (Å²) in [5.41, 5.74) is 3.67. The standard InChI is InChI=1S/C52H70N6O10S2/c1-7-48(64)26-33-27-50(30-67-31-59,42-35(14-19-57(28-33)29-48)34-12-9-10-13-38(34)53-42)37-24-36-39(25-41(37)66-6)56(5)44-51(36)17-20-58-18-11-16-49(8-2,43(51)58)45(61)52(44,65)46(62)54-55-47(63)68-21-23-70-69-22-15-40(60)32(3)4/h9-13,16,24-25,31-33,43-45,53,61,64-65H,7-8,14-15,17-23,26-30H2,1-6H3,(H,54,62)(H,55,63)/t33?,43-,44+,45+,48-,49+,50-,51+,52-/m0/s1. The third kappa shape index (κ3) is 8.11. The van der Waals surface area contributed by atoms with Crippen LogP contribution >= 0.6 is 21.6 Å². The number of piperidine rings is 1. The smallest absolute Gasteiger partial charge is 0.426 e. The number of ether oxygens (including phenoxy) is 3. The van der Waals surface area contributed by atoms with Crippen molar-refractivity contribution in [2.24, 2.45) is 17.3 Å². The van der Waals surface area contributed by atoms with E-state index in [1.54, 1.807) is 7.11 Å². The molecule has 5 aliphatic heterocycles. The topological polar surface area (TPSA) is 206 Å². The first-order valence-corrected chi connectivity index (χ1v) is 27.4. The van der Waals surface area contributed by atoms with Crippen molar-refractivity contribution in [2.45, 2.75) is 113 Å². The van der Waals surface area contributed by atoms with Crippen LogP contribution in [0.2, 0.25) is 0 Å². The number of hydrogen-bond acceptors (Lipinski definition) is 15. The van der Waals surface area contributed by atoms with Crippen molar-refractivity contribution >= 4 is 62.4 Å². The minimum absolute atomic E-state index is 0.0129. The summed E-state index contributed by atoms with van der Waals surface area (Å²) in [7, 11) is 6.46. The summed E-state index contributed by atoms with van der Waals surface area (Å²) in [5.74, 6) is 0.824. The number of carbonyl (C=O) groups is 4. The normalized spacial score (nSPS) is 33.0. The van der Waals surface area contributed by atoms with Gasteiger partial charge < -0.3 is 39.4 Å². The summed E-state index contributed by atoms with van der Waals surface area (Å²) in [6.45, 7) is 11.6. The number of hydrogen-bond donors (Lipinski definition) is 6. The Morgan fingerprint density at radius 3 is 2.54 bits per heavy atom. The molecular weight excluding hydrogens is 933 g/mol. The fourth-order valence-corrected chi connectivity index (χ4v) is 15.9. The molecule has 2 unspecified atom stereocenters. The Hall–Kier alpha value is -4.30. The molecule has 380 valence electrons. The number of hydrazine groups is 1. The van der Waals surface area contributed by atoms with Crippen molar-refractivity contribution in [1.29, 1.82) is 0 Å². The number of aromatic amines is 1. The fourth-order valence-electron chi connectivity index (χ4n) is 14.1. The molecule has 6 N–H and O–H groups in total. The third-order valence-corrected chi connectivity index (χ3v) is 19.4. The molecule has 18 heteroatoms. The molecule has 1 aliphatic carbocycles. The molecule has 9 rings (SSSR count). The minimum atomic E-state index is -2.49. The van der Waals surface area contributed by atoms with Crippen LogP contribution in [-0.2, 0) is 41.1 Å². The maximum absolute atomic E-state index is 14.9. The fraction of sp³-hybridized carbons (Fsp3) is 0.615. The SMILES string of the molecule is CC[C@]1(O)CC2CN(CCc3c([nH]c4ccccc34)[C@@](COC=O)(c3cc4c(cc3OC)N(C)[C@H]3[C@@](O)(C(=O)NNC(=O)OCCSSCCC(=O)C(C)C)[C@H](O)[C@]5(CC)C=CCN6CC[C@]43[C@@H]65)C2)C1. The third-order valence-electron chi connectivity index (χ3n) is 17.1. The second-order valence-electron chi connectivity index (χ2n) is 20.9. The molecule has 2 saturated heterocycles. The number of benzene rings is 2. The Kier molecular flexibility index (Phi) is 14.2. The number of carbonyl (C=O) groups excluding carboxylic acids is 4. The highest BCUT2D eigenvalue weighted by Crippen LogP contribution is 2.67. The number of fused-ring (bicyclic) bond motifs is 6. The van der Waals surface area contributed by atoms with Gasteiger partial charge in [0.1, 0.15) is 30.9 Å². The van der Waals surface area contributed by atoms with Gasteiger partial charge in [-0.25, -0.2) is 10.2 Å². The van der Waals surface area contributed by atoms with Crippen LogP contribution in [0.5, 0.6) is 5.75 Å². The Morgan fingerprint density at radius 1 is 1.01 bits per heavy atom. The maximum atomic E-state index is 14.9. The lowest BCUT2D eigenvalue weighted by Crippen LogP contribution is -2.82. The van der Waals surface area contributed by atoms with Gasteiger partial charge in [-0.3, -0.25) is 29.6 Å². The van der Waals surface area contributed by atoms with Crippen LogP contribution in [0.3, 0.4) is 0 Å². The first-order valence-electron chi connectivity index (χ1n) is 25.0. The highest BCUT2D eigenvalue weighted by atomic mass is 33.1. The molecule has 2 amide bonds. The number of aliphatic hydroxyl groups is 3. The van der Waals surface area contributed by atoms with Gasteiger partial charge in [0, 0.05) is 108 Å². The summed E-state index contributed by atoms with van der Waals surface area (Å²) in [6.07, 6.45) is 5.19. The highest BCUT2D eigenvalue weighted by molar-refractivity contribution is 8.76. The maximum Gasteiger partial charge on any atom is 0.426 e. The van der Waals surface area contributed by atoms with Crippen LogP contribution in [0.15, 0.2) is 48.6 Å². The monoisotopic (exact) mass is 1000 g/mol. The van der Waals surface area contributed by atoms with E-state index in [4.69, 9.17) is 14.2 Å². The molecule has 10 atom stereocenters. The molecule has 70 heavy (non-hydrogen) atoms. The van der Waals surface area contributed by atoms with Gasteiger partial charge in [0.05, 0.1) is 24.2 Å². The summed E-state index contributed by atoms with van der Waals surface area (Å²) in [4.78, 5) is 63.0. The molecule has 1 spiro atoms. The van der Waals surface area contributed by atoms with Gasteiger partial charge in [0.2, 0.25) is 0 Å². The van der Waals surface area contributed by atoms with Crippen LogP contribution in [0.4, 0.5) is 10.5 Å². The molecule has 1 saturated carbocycles. The predicted molar refractivity (Wildman–Crippen MR) is 271 cm³/mol. The zero-order chi connectivity index (χ0) is 49.8. The van der Waals surface area contributed by atoms with Crippen molar-refractivity contribution in [3.63, 3.8) is 0 Å². The van der Waals surface area contributed by atoms with E-state index in [-0.39, 0.29) is 36.9 Å². The van der Waals surface area contributed by atoms with Crippen molar-refractivity contribution < 1.29 is 48.7 Å². The molecule has 0 radical (unpaired) electrons. The zero-order valence-electron chi connectivity index (χ0n) is 41.3. The van der Waals surface area contributed by atoms with Crippen LogP contribution < -0.4 is 20.5 Å². The molecule has 2 aromatic carbocycles. The zero-order valence-corrected chi connectivity index (χ0v) is 42.9. The number of ketones is 1. The van der Waals surface area contributed by atoms with E-state index in [0.717, 1.165) is 52.1 Å². The molecular formula is C52H70N6O10S2. The van der Waals surface area contributed by atoms with Crippen LogP contribution in [-0.4, -0.2) is 155 Å². The first kappa shape index (κ1) is 50.6. The number of Topliss-reactive ketones (excluding diaryl/α,β-unsaturated/α-hetero) is 1. The number of methoxy groups -OCH3 is 1. The summed E-state index contributed by atoms with van der Waals surface area (Å²) < 4.78 is 17.8. The average molecular weight is 1000 g/mol. The predicted octanol–water partition coefficient (Wildman–Crippen LogP) is 5.00. The lowest BCUT2D eigenvalue weighted by molar-refractivity contribution is -0.204. The van der Waals surface area contributed by atoms with Crippen LogP contribution in [0.25, 0.3) is 10.9 Å². The number of anilines is 1. The second-order valence-corrected chi connectivity index (χ2v) is 23.6. The lowest BCUT2D eigenvalue weighted by atomic mass is 9.47. The highest BCUT2D eigenvalue weighted by Gasteiger charge is 2.78. The molecule has 3 fully saturated rings. The van der Waals surface area contributed by atoms with Gasteiger partial charge >= 0.3 is 6.09 Å². The summed E-state index contributed by atoms with van der Waals surface area (Å²) >= 11 is 0. The number of aromatic nitrogens is 1. The van der Waals surface area contributed by atoms with E-state index in [1.165, 1.54) is 21.6 Å². The van der Waals surface area contributed by atoms with Gasteiger partial charge in [-0.15, -0.1) is 0 Å². The van der Waals surface area contributed by atoms with Crippen molar-refractivity contribution in [3.8, 4) is 5.75 Å².